The summed E-state index contributed by atoms with van der Waals surface area (Å²) >= 11 is 0. The zero-order valence-corrected chi connectivity index (χ0v) is 7.93. The van der Waals surface area contributed by atoms with Crippen LogP contribution in [0.5, 0.6) is 0 Å². The summed E-state index contributed by atoms with van der Waals surface area (Å²) in [7, 11) is 2.66. The zero-order chi connectivity index (χ0) is 10.6. The van der Waals surface area contributed by atoms with E-state index in [0.29, 0.717) is 5.69 Å². The molecular weight excluding hydrogens is 184 g/mol. The predicted molar refractivity (Wildman–Crippen MR) is 49.7 cm³/mol. The SMILES string of the molecule is COC(=O)C(=O)N(C)c1ccncc1. The Kier molecular flexibility index (Phi) is 3.17. The van der Waals surface area contributed by atoms with E-state index in [9.17, 15) is 9.59 Å². The lowest BCUT2D eigenvalue weighted by Gasteiger charge is -2.14. The van der Waals surface area contributed by atoms with Crippen LogP contribution < -0.4 is 4.90 Å². The molecule has 14 heavy (non-hydrogen) atoms. The maximum atomic E-state index is 11.3. The van der Waals surface area contributed by atoms with Gasteiger partial charge in [0, 0.05) is 25.1 Å². The fourth-order valence-corrected chi connectivity index (χ4v) is 0.909. The van der Waals surface area contributed by atoms with Gasteiger partial charge >= 0.3 is 11.9 Å². The third kappa shape index (κ3) is 2.07. The molecule has 0 N–H and O–H groups in total. The molecule has 0 aromatic carbocycles. The lowest BCUT2D eigenvalue weighted by molar-refractivity contribution is -0.151. The summed E-state index contributed by atoms with van der Waals surface area (Å²) in [5, 5.41) is 0. The van der Waals surface area contributed by atoms with Gasteiger partial charge in [-0.1, -0.05) is 0 Å². The second-order valence-corrected chi connectivity index (χ2v) is 2.56. The molecule has 0 atom stereocenters. The van der Waals surface area contributed by atoms with Gasteiger partial charge in [-0.3, -0.25) is 9.78 Å². The quantitative estimate of drug-likeness (QED) is 0.474. The second kappa shape index (κ2) is 4.36. The number of nitrogens with zero attached hydrogens (tertiary/aromatic N) is 2. The van der Waals surface area contributed by atoms with Crippen molar-refractivity contribution in [3.05, 3.63) is 24.5 Å². The molecule has 0 saturated heterocycles. The summed E-state index contributed by atoms with van der Waals surface area (Å²) in [5.74, 6) is -1.59. The summed E-state index contributed by atoms with van der Waals surface area (Å²) in [6, 6.07) is 3.25. The van der Waals surface area contributed by atoms with Crippen molar-refractivity contribution in [2.24, 2.45) is 0 Å². The Balaban J connectivity index is 2.81. The number of ether oxygens (including phenoxy) is 1. The van der Waals surface area contributed by atoms with Crippen LogP contribution in [0, 0.1) is 0 Å². The minimum Gasteiger partial charge on any atom is -0.462 e. The minimum absolute atomic E-state index is 0.593. The predicted octanol–water partition coefficient (Wildman–Crippen LogP) is 0.217. The molecule has 0 spiro atoms. The van der Waals surface area contributed by atoms with Crippen LogP contribution in [0.1, 0.15) is 0 Å². The summed E-state index contributed by atoms with van der Waals surface area (Å²) < 4.78 is 4.31. The van der Waals surface area contributed by atoms with Crippen molar-refractivity contribution in [3.8, 4) is 0 Å². The molecule has 1 amide bonds. The van der Waals surface area contributed by atoms with Crippen molar-refractivity contribution in [1.82, 2.24) is 4.98 Å². The summed E-state index contributed by atoms with van der Waals surface area (Å²) in [6.45, 7) is 0. The molecule has 0 radical (unpaired) electrons. The normalized spacial score (nSPS) is 9.29. The number of hydrogen-bond acceptors (Lipinski definition) is 4. The molecule has 5 nitrogen and oxygen atoms in total. The molecule has 74 valence electrons. The molecule has 0 saturated carbocycles. The van der Waals surface area contributed by atoms with E-state index in [1.807, 2.05) is 0 Å². The van der Waals surface area contributed by atoms with Crippen molar-refractivity contribution in [2.45, 2.75) is 0 Å². The van der Waals surface area contributed by atoms with Crippen LogP contribution >= 0.6 is 0 Å². The van der Waals surface area contributed by atoms with E-state index in [1.165, 1.54) is 31.5 Å². The van der Waals surface area contributed by atoms with Crippen molar-refractivity contribution < 1.29 is 14.3 Å². The van der Waals surface area contributed by atoms with E-state index >= 15 is 0 Å². The van der Waals surface area contributed by atoms with Crippen LogP contribution in [0.3, 0.4) is 0 Å². The number of hydrogen-bond donors (Lipinski definition) is 0. The highest BCUT2D eigenvalue weighted by Gasteiger charge is 2.19. The first-order valence-corrected chi connectivity index (χ1v) is 3.93. The Hall–Kier alpha value is -1.91. The first-order valence-electron chi connectivity index (χ1n) is 3.93. The maximum Gasteiger partial charge on any atom is 0.397 e. The number of amides is 1. The Bertz CT molecular complexity index is 337. The lowest BCUT2D eigenvalue weighted by Crippen LogP contribution is -2.33. The van der Waals surface area contributed by atoms with Crippen molar-refractivity contribution in [2.75, 3.05) is 19.1 Å². The summed E-state index contributed by atoms with van der Waals surface area (Å²) in [4.78, 5) is 27.2. The Labute approximate surface area is 81.3 Å². The first-order chi connectivity index (χ1) is 6.66. The molecule has 1 aromatic heterocycles. The van der Waals surface area contributed by atoms with Crippen LogP contribution in [0.15, 0.2) is 24.5 Å². The molecule has 0 unspecified atom stereocenters. The highest BCUT2D eigenvalue weighted by atomic mass is 16.5. The zero-order valence-electron chi connectivity index (χ0n) is 7.93. The van der Waals surface area contributed by atoms with E-state index in [2.05, 4.69) is 9.72 Å². The number of esters is 1. The van der Waals surface area contributed by atoms with Crippen LogP contribution in [-0.2, 0) is 14.3 Å². The third-order valence-electron chi connectivity index (χ3n) is 1.71. The Morgan fingerprint density at radius 2 is 1.93 bits per heavy atom. The van der Waals surface area contributed by atoms with Gasteiger partial charge < -0.3 is 9.64 Å². The van der Waals surface area contributed by atoms with Gasteiger partial charge in [0.05, 0.1) is 7.11 Å². The molecule has 1 aromatic rings. The maximum absolute atomic E-state index is 11.3. The number of methoxy groups -OCH3 is 1. The average Bonchev–Trinajstić information content (AvgIpc) is 2.27. The van der Waals surface area contributed by atoms with E-state index in [0.717, 1.165) is 0 Å². The molecule has 0 aliphatic rings. The fourth-order valence-electron chi connectivity index (χ4n) is 0.909. The molecule has 0 fully saturated rings. The van der Waals surface area contributed by atoms with Crippen molar-refractivity contribution >= 4 is 17.6 Å². The Morgan fingerprint density at radius 1 is 1.36 bits per heavy atom. The first kappa shape index (κ1) is 10.2. The number of pyridine rings is 1. The van der Waals surface area contributed by atoms with E-state index in [1.54, 1.807) is 12.1 Å². The Morgan fingerprint density at radius 3 is 2.43 bits per heavy atom. The van der Waals surface area contributed by atoms with Gasteiger partial charge in [0.15, 0.2) is 0 Å². The highest BCUT2D eigenvalue weighted by molar-refractivity contribution is 6.37. The monoisotopic (exact) mass is 194 g/mol. The molecule has 1 rings (SSSR count). The number of carbonyl (C=O) groups excluding carboxylic acids is 2. The summed E-state index contributed by atoms with van der Waals surface area (Å²) in [6.07, 6.45) is 3.08. The van der Waals surface area contributed by atoms with Crippen molar-refractivity contribution in [1.29, 1.82) is 0 Å². The highest BCUT2D eigenvalue weighted by Crippen LogP contribution is 2.09. The topological polar surface area (TPSA) is 59.5 Å². The van der Waals surface area contributed by atoms with Crippen LogP contribution in [0.25, 0.3) is 0 Å². The van der Waals surface area contributed by atoms with Gasteiger partial charge in [-0.15, -0.1) is 0 Å². The van der Waals surface area contributed by atoms with E-state index < -0.39 is 11.9 Å². The molecule has 0 aliphatic heterocycles. The molecule has 1 heterocycles. The van der Waals surface area contributed by atoms with Gasteiger partial charge in [0.25, 0.3) is 0 Å². The van der Waals surface area contributed by atoms with Gasteiger partial charge in [-0.25, -0.2) is 4.79 Å². The third-order valence-corrected chi connectivity index (χ3v) is 1.71. The molecular formula is C9H10N2O3. The molecule has 0 aliphatic carbocycles. The lowest BCUT2D eigenvalue weighted by atomic mass is 10.3. The van der Waals surface area contributed by atoms with Gasteiger partial charge in [0.1, 0.15) is 0 Å². The van der Waals surface area contributed by atoms with Gasteiger partial charge in [0.2, 0.25) is 0 Å². The smallest absolute Gasteiger partial charge is 0.397 e. The second-order valence-electron chi connectivity index (χ2n) is 2.56. The van der Waals surface area contributed by atoms with Gasteiger partial charge in [-0.2, -0.15) is 0 Å². The molecule has 5 heteroatoms. The van der Waals surface area contributed by atoms with Crippen LogP contribution in [0.2, 0.25) is 0 Å². The fraction of sp³-hybridized carbons (Fsp3) is 0.222. The van der Waals surface area contributed by atoms with Gasteiger partial charge in [-0.05, 0) is 12.1 Å². The standard InChI is InChI=1S/C9H10N2O3/c1-11(8(12)9(13)14-2)7-3-5-10-6-4-7/h3-6H,1-2H3. The van der Waals surface area contributed by atoms with Crippen molar-refractivity contribution in [3.63, 3.8) is 0 Å². The number of likely N-dealkylation sites (N-methyl/N-ethyl adjacent to an activating group) is 1. The van der Waals surface area contributed by atoms with Crippen LogP contribution in [-0.4, -0.2) is 31.0 Å². The average molecular weight is 194 g/mol. The number of rotatable bonds is 1. The number of aromatic nitrogens is 1. The van der Waals surface area contributed by atoms with E-state index in [-0.39, 0.29) is 0 Å². The largest absolute Gasteiger partial charge is 0.462 e. The number of anilines is 1. The van der Waals surface area contributed by atoms with Crippen LogP contribution in [0.4, 0.5) is 5.69 Å². The van der Waals surface area contributed by atoms with E-state index in [4.69, 9.17) is 0 Å². The minimum atomic E-state index is -0.885. The number of carbonyl (C=O) groups is 2. The molecule has 0 bridgehead atoms. The summed E-state index contributed by atoms with van der Waals surface area (Å²) in [5.41, 5.74) is 0.593.